The summed E-state index contributed by atoms with van der Waals surface area (Å²) < 4.78 is 2.34. The van der Waals surface area contributed by atoms with Crippen LogP contribution in [0.5, 0.6) is 0 Å². The lowest BCUT2D eigenvalue weighted by Crippen LogP contribution is -2.35. The highest BCUT2D eigenvalue weighted by Gasteiger charge is 2.22. The fourth-order valence-corrected chi connectivity index (χ4v) is 4.52. The molecule has 3 heterocycles. The highest BCUT2D eigenvalue weighted by atomic mass is 16.1. The number of fused-ring (bicyclic) bond motifs is 2. The number of H-pyrrole nitrogens is 1. The van der Waals surface area contributed by atoms with Gasteiger partial charge < -0.3 is 9.55 Å². The minimum atomic E-state index is 0.0350. The predicted molar refractivity (Wildman–Crippen MR) is 124 cm³/mol. The monoisotopic (exact) mass is 412 g/mol. The quantitative estimate of drug-likeness (QED) is 0.527. The average molecular weight is 413 g/mol. The van der Waals surface area contributed by atoms with Crippen LogP contribution in [-0.4, -0.2) is 26.0 Å². The Morgan fingerprint density at radius 2 is 1.81 bits per heavy atom. The molecular weight excluding hydrogens is 384 g/mol. The van der Waals surface area contributed by atoms with Gasteiger partial charge >= 0.3 is 0 Å². The maximum absolute atomic E-state index is 12.5. The molecule has 2 aromatic heterocycles. The first-order chi connectivity index (χ1) is 15.1. The zero-order valence-corrected chi connectivity index (χ0v) is 18.1. The van der Waals surface area contributed by atoms with Crippen molar-refractivity contribution in [2.75, 3.05) is 6.54 Å². The molecule has 0 aliphatic carbocycles. The topological polar surface area (TPSA) is 53.9 Å². The Bertz CT molecular complexity index is 1270. The molecule has 1 aliphatic rings. The van der Waals surface area contributed by atoms with Crippen molar-refractivity contribution in [3.05, 3.63) is 99.4 Å². The SMILES string of the molecule is CC(C)c1nc2c(c(=O)[nH]1)CCN(Cc1cn(Cc3ccccc3)c3ccccc13)C2. The summed E-state index contributed by atoms with van der Waals surface area (Å²) in [5.41, 5.74) is 5.71. The van der Waals surface area contributed by atoms with E-state index in [4.69, 9.17) is 4.98 Å². The number of benzene rings is 2. The van der Waals surface area contributed by atoms with Crippen molar-refractivity contribution in [3.8, 4) is 0 Å². The maximum Gasteiger partial charge on any atom is 0.254 e. The Labute approximate surface area is 182 Å². The molecule has 0 fully saturated rings. The van der Waals surface area contributed by atoms with Crippen LogP contribution in [0.2, 0.25) is 0 Å². The summed E-state index contributed by atoms with van der Waals surface area (Å²) >= 11 is 0. The summed E-state index contributed by atoms with van der Waals surface area (Å²) in [6, 6.07) is 19.2. The van der Waals surface area contributed by atoms with Gasteiger partial charge in [-0.25, -0.2) is 4.98 Å². The zero-order chi connectivity index (χ0) is 21.4. The van der Waals surface area contributed by atoms with E-state index in [0.717, 1.165) is 49.7 Å². The number of nitrogens with one attached hydrogen (secondary N) is 1. The van der Waals surface area contributed by atoms with E-state index in [2.05, 4.69) is 89.1 Å². The van der Waals surface area contributed by atoms with Crippen LogP contribution < -0.4 is 5.56 Å². The van der Waals surface area contributed by atoms with Crippen molar-refractivity contribution in [2.45, 2.75) is 45.8 Å². The van der Waals surface area contributed by atoms with Crippen LogP contribution >= 0.6 is 0 Å². The fourth-order valence-electron chi connectivity index (χ4n) is 4.52. The van der Waals surface area contributed by atoms with Crippen molar-refractivity contribution in [3.63, 3.8) is 0 Å². The predicted octanol–water partition coefficient (Wildman–Crippen LogP) is 4.45. The number of aromatic amines is 1. The zero-order valence-electron chi connectivity index (χ0n) is 18.1. The second kappa shape index (κ2) is 8.16. The molecule has 4 aromatic rings. The van der Waals surface area contributed by atoms with Crippen LogP contribution in [-0.2, 0) is 26.1 Å². The van der Waals surface area contributed by atoms with E-state index < -0.39 is 0 Å². The second-order valence-electron chi connectivity index (χ2n) is 8.78. The van der Waals surface area contributed by atoms with Crippen LogP contribution in [0.25, 0.3) is 10.9 Å². The van der Waals surface area contributed by atoms with Gasteiger partial charge in [0.1, 0.15) is 5.82 Å². The first-order valence-corrected chi connectivity index (χ1v) is 11.0. The van der Waals surface area contributed by atoms with Gasteiger partial charge in [-0.1, -0.05) is 62.4 Å². The van der Waals surface area contributed by atoms with Gasteiger partial charge in [-0.3, -0.25) is 9.69 Å². The highest BCUT2D eigenvalue weighted by molar-refractivity contribution is 5.84. The van der Waals surface area contributed by atoms with Gasteiger partial charge in [-0.15, -0.1) is 0 Å². The largest absolute Gasteiger partial charge is 0.343 e. The number of rotatable bonds is 5. The third-order valence-corrected chi connectivity index (χ3v) is 6.18. The van der Waals surface area contributed by atoms with Crippen molar-refractivity contribution < 1.29 is 0 Å². The number of para-hydroxylation sites is 1. The van der Waals surface area contributed by atoms with Crippen LogP contribution in [0.15, 0.2) is 65.6 Å². The molecule has 0 saturated carbocycles. The number of hydrogen-bond acceptors (Lipinski definition) is 3. The van der Waals surface area contributed by atoms with E-state index in [0.29, 0.717) is 0 Å². The van der Waals surface area contributed by atoms with Crippen molar-refractivity contribution in [2.24, 2.45) is 0 Å². The Kier molecular flexibility index (Phi) is 5.20. The van der Waals surface area contributed by atoms with Crippen molar-refractivity contribution >= 4 is 10.9 Å². The molecule has 0 spiro atoms. The Morgan fingerprint density at radius 3 is 2.61 bits per heavy atom. The van der Waals surface area contributed by atoms with Gasteiger partial charge in [0, 0.05) is 54.8 Å². The molecule has 31 heavy (non-hydrogen) atoms. The van der Waals surface area contributed by atoms with Gasteiger partial charge in [-0.05, 0) is 23.6 Å². The normalized spacial score (nSPS) is 14.3. The molecule has 0 bridgehead atoms. The van der Waals surface area contributed by atoms with Gasteiger partial charge in [0.05, 0.1) is 5.69 Å². The van der Waals surface area contributed by atoms with E-state index in [1.165, 1.54) is 22.0 Å². The molecule has 0 atom stereocenters. The van der Waals surface area contributed by atoms with Crippen LogP contribution in [0, 0.1) is 0 Å². The number of aromatic nitrogens is 3. The Hall–Kier alpha value is -3.18. The van der Waals surface area contributed by atoms with Crippen molar-refractivity contribution in [1.29, 1.82) is 0 Å². The lowest BCUT2D eigenvalue weighted by atomic mass is 10.0. The smallest absolute Gasteiger partial charge is 0.254 e. The molecule has 0 unspecified atom stereocenters. The third kappa shape index (κ3) is 3.93. The summed E-state index contributed by atoms with van der Waals surface area (Å²) in [4.78, 5) is 22.6. The Balaban J connectivity index is 1.43. The standard InChI is InChI=1S/C26H28N4O/c1-18(2)25-27-23-17-29(13-12-22(23)26(31)28-25)15-20-16-30(14-19-8-4-3-5-9-19)24-11-7-6-10-21(20)24/h3-11,16,18H,12-15,17H2,1-2H3,(H,27,28,31). The molecule has 2 aromatic carbocycles. The minimum Gasteiger partial charge on any atom is -0.343 e. The highest BCUT2D eigenvalue weighted by Crippen LogP contribution is 2.26. The van der Waals surface area contributed by atoms with Crippen molar-refractivity contribution in [1.82, 2.24) is 19.4 Å². The summed E-state index contributed by atoms with van der Waals surface area (Å²) in [5.74, 6) is 0.995. The molecule has 1 N–H and O–H groups in total. The van der Waals surface area contributed by atoms with Gasteiger partial charge in [0.25, 0.3) is 5.56 Å². The van der Waals surface area contributed by atoms with E-state index in [9.17, 15) is 4.79 Å². The minimum absolute atomic E-state index is 0.0350. The third-order valence-electron chi connectivity index (χ3n) is 6.18. The molecule has 5 rings (SSSR count). The molecule has 0 radical (unpaired) electrons. The molecule has 1 aliphatic heterocycles. The Morgan fingerprint density at radius 1 is 1.03 bits per heavy atom. The van der Waals surface area contributed by atoms with Crippen LogP contribution in [0.3, 0.4) is 0 Å². The molecule has 5 heteroatoms. The van der Waals surface area contributed by atoms with Gasteiger partial charge in [0.15, 0.2) is 0 Å². The summed E-state index contributed by atoms with van der Waals surface area (Å²) in [5, 5.41) is 1.30. The average Bonchev–Trinajstić information content (AvgIpc) is 3.11. The van der Waals surface area contributed by atoms with E-state index in [1.807, 2.05) is 0 Å². The maximum atomic E-state index is 12.5. The van der Waals surface area contributed by atoms with E-state index in [-0.39, 0.29) is 11.5 Å². The van der Waals surface area contributed by atoms with Gasteiger partial charge in [-0.2, -0.15) is 0 Å². The summed E-state index contributed by atoms with van der Waals surface area (Å²) in [6.45, 7) is 7.43. The molecule has 0 saturated heterocycles. The van der Waals surface area contributed by atoms with E-state index >= 15 is 0 Å². The molecule has 0 amide bonds. The second-order valence-corrected chi connectivity index (χ2v) is 8.78. The van der Waals surface area contributed by atoms with Crippen LogP contribution in [0.1, 0.15) is 48.0 Å². The number of nitrogens with zero attached hydrogens (tertiary/aromatic N) is 3. The fraction of sp³-hybridized carbons (Fsp3) is 0.308. The lowest BCUT2D eigenvalue weighted by Gasteiger charge is -2.27. The molecule has 158 valence electrons. The molecule has 5 nitrogen and oxygen atoms in total. The summed E-state index contributed by atoms with van der Waals surface area (Å²) in [6.07, 6.45) is 3.04. The van der Waals surface area contributed by atoms with Crippen LogP contribution in [0.4, 0.5) is 0 Å². The number of hydrogen-bond donors (Lipinski definition) is 1. The first kappa shape index (κ1) is 19.8. The lowest BCUT2D eigenvalue weighted by molar-refractivity contribution is 0.240. The summed E-state index contributed by atoms with van der Waals surface area (Å²) in [7, 11) is 0. The first-order valence-electron chi connectivity index (χ1n) is 11.0. The van der Waals surface area contributed by atoms with Gasteiger partial charge in [0.2, 0.25) is 0 Å². The van der Waals surface area contributed by atoms with E-state index in [1.54, 1.807) is 0 Å². The molecular formula is C26H28N4O.